The molecule has 214 valence electrons. The minimum absolute atomic E-state index is 0.135. The zero-order valence-electron chi connectivity index (χ0n) is 22.9. The van der Waals surface area contributed by atoms with Crippen LogP contribution in [0, 0.1) is 5.92 Å². The Bertz CT molecular complexity index is 974. The smallest absolute Gasteiger partial charge is 0.325 e. The second kappa shape index (κ2) is 17.9. The first-order chi connectivity index (χ1) is 18.8. The average molecular weight is 544 g/mol. The first-order valence-electron chi connectivity index (χ1n) is 13.7. The molecule has 1 aromatic carbocycles. The van der Waals surface area contributed by atoms with E-state index in [1.165, 1.54) is 6.08 Å². The fourth-order valence-electron chi connectivity index (χ4n) is 4.37. The summed E-state index contributed by atoms with van der Waals surface area (Å²) in [6.07, 6.45) is 9.39. The van der Waals surface area contributed by atoms with Crippen LogP contribution < -0.4 is 16.0 Å². The zero-order valence-corrected chi connectivity index (χ0v) is 22.9. The monoisotopic (exact) mass is 543 g/mol. The number of carbonyl (C=O) groups is 5. The largest absolute Gasteiger partial charge is 0.465 e. The summed E-state index contributed by atoms with van der Waals surface area (Å²) in [6, 6.07) is 7.05. The summed E-state index contributed by atoms with van der Waals surface area (Å²) in [5.41, 5.74) is 0.854. The Balaban J connectivity index is 2.13. The number of hydrogen-bond donors (Lipinski definition) is 3. The van der Waals surface area contributed by atoms with E-state index >= 15 is 0 Å². The zero-order chi connectivity index (χ0) is 28.5. The molecule has 0 aliphatic heterocycles. The number of allylic oxidation sites excluding steroid dienone is 1. The highest BCUT2D eigenvalue weighted by molar-refractivity contribution is 6.38. The molecule has 1 aromatic rings. The molecule has 1 fully saturated rings. The highest BCUT2D eigenvalue weighted by Crippen LogP contribution is 2.27. The third kappa shape index (κ3) is 12.2. The van der Waals surface area contributed by atoms with Crippen LogP contribution in [-0.2, 0) is 40.1 Å². The van der Waals surface area contributed by atoms with Crippen LogP contribution in [0.4, 0.5) is 0 Å². The van der Waals surface area contributed by atoms with Crippen LogP contribution in [0.25, 0.3) is 0 Å². The summed E-state index contributed by atoms with van der Waals surface area (Å²) in [5.74, 6) is -3.40. The normalized spacial score (nSPS) is 15.2. The molecule has 0 unspecified atom stereocenters. The number of hydrogen-bond acceptors (Lipinski definition) is 7. The highest BCUT2D eigenvalue weighted by atomic mass is 16.5. The SMILES string of the molecule is CC/C=C/C(=O)N[C@H](CC1CCCCC1)C(=O)N[C@@H](COCc1ccccc1)C(=O)C(=O)NCC(=O)OCC. The van der Waals surface area contributed by atoms with Gasteiger partial charge in [0, 0.05) is 0 Å². The first kappa shape index (κ1) is 31.7. The third-order valence-electron chi connectivity index (χ3n) is 6.38. The Labute approximate surface area is 230 Å². The van der Waals surface area contributed by atoms with E-state index in [-0.39, 0.29) is 25.7 Å². The molecule has 0 heterocycles. The Hall–Kier alpha value is -3.53. The summed E-state index contributed by atoms with van der Waals surface area (Å²) in [4.78, 5) is 63.0. The molecule has 1 aliphatic rings. The molecule has 0 spiro atoms. The molecule has 0 aromatic heterocycles. The lowest BCUT2D eigenvalue weighted by Gasteiger charge is -2.27. The molecule has 2 rings (SSSR count). The van der Waals surface area contributed by atoms with Crippen LogP contribution in [0.2, 0.25) is 0 Å². The maximum absolute atomic E-state index is 13.4. The second-order valence-electron chi connectivity index (χ2n) is 9.53. The number of Topliss-reactive ketones (excluding diaryl/α,β-unsaturated/α-hetero) is 1. The van der Waals surface area contributed by atoms with Crippen molar-refractivity contribution in [3.05, 3.63) is 48.0 Å². The number of nitrogens with one attached hydrogen (secondary N) is 3. The van der Waals surface area contributed by atoms with Gasteiger partial charge in [-0.2, -0.15) is 0 Å². The molecule has 3 N–H and O–H groups in total. The van der Waals surface area contributed by atoms with E-state index in [0.29, 0.717) is 12.8 Å². The van der Waals surface area contributed by atoms with Crippen molar-refractivity contribution in [1.82, 2.24) is 16.0 Å². The van der Waals surface area contributed by atoms with E-state index in [4.69, 9.17) is 9.47 Å². The van der Waals surface area contributed by atoms with E-state index in [0.717, 1.165) is 37.7 Å². The lowest BCUT2D eigenvalue weighted by Crippen LogP contribution is -2.55. The topological polar surface area (TPSA) is 140 Å². The second-order valence-corrected chi connectivity index (χ2v) is 9.53. The quantitative estimate of drug-likeness (QED) is 0.165. The van der Waals surface area contributed by atoms with E-state index < -0.39 is 48.1 Å². The van der Waals surface area contributed by atoms with Crippen molar-refractivity contribution in [3.63, 3.8) is 0 Å². The van der Waals surface area contributed by atoms with Gasteiger partial charge in [-0.25, -0.2) is 0 Å². The Morgan fingerprint density at radius 3 is 2.36 bits per heavy atom. The average Bonchev–Trinajstić information content (AvgIpc) is 2.94. The summed E-state index contributed by atoms with van der Waals surface area (Å²) >= 11 is 0. The molecule has 39 heavy (non-hydrogen) atoms. The van der Waals surface area contributed by atoms with Gasteiger partial charge in [0.15, 0.2) is 0 Å². The summed E-state index contributed by atoms with van der Waals surface area (Å²) in [6.45, 7) is 3.07. The van der Waals surface area contributed by atoms with Crippen LogP contribution in [0.5, 0.6) is 0 Å². The molecule has 3 amide bonds. The molecule has 1 saturated carbocycles. The molecule has 0 bridgehead atoms. The third-order valence-corrected chi connectivity index (χ3v) is 6.38. The Morgan fingerprint density at radius 1 is 0.974 bits per heavy atom. The van der Waals surface area contributed by atoms with Crippen molar-refractivity contribution >= 4 is 29.5 Å². The fraction of sp³-hybridized carbons (Fsp3) is 0.552. The summed E-state index contributed by atoms with van der Waals surface area (Å²) in [7, 11) is 0. The lowest BCUT2D eigenvalue weighted by atomic mass is 9.84. The number of ketones is 1. The van der Waals surface area contributed by atoms with Gasteiger partial charge in [-0.05, 0) is 37.3 Å². The van der Waals surface area contributed by atoms with E-state index in [2.05, 4.69) is 16.0 Å². The van der Waals surface area contributed by atoms with Crippen LogP contribution in [0.1, 0.15) is 64.4 Å². The van der Waals surface area contributed by atoms with Crippen molar-refractivity contribution in [2.24, 2.45) is 5.92 Å². The molecular formula is C29H41N3O7. The van der Waals surface area contributed by atoms with E-state index in [1.807, 2.05) is 37.3 Å². The maximum atomic E-state index is 13.4. The first-order valence-corrected chi connectivity index (χ1v) is 13.7. The van der Waals surface area contributed by atoms with Gasteiger partial charge in [-0.3, -0.25) is 24.0 Å². The van der Waals surface area contributed by atoms with Crippen molar-refractivity contribution in [1.29, 1.82) is 0 Å². The van der Waals surface area contributed by atoms with Crippen molar-refractivity contribution < 1.29 is 33.4 Å². The minimum atomic E-state index is -1.32. The number of ether oxygens (including phenoxy) is 2. The molecule has 10 nitrogen and oxygen atoms in total. The van der Waals surface area contributed by atoms with E-state index in [9.17, 15) is 24.0 Å². The van der Waals surface area contributed by atoms with Crippen molar-refractivity contribution in [2.45, 2.75) is 77.5 Å². The van der Waals surface area contributed by atoms with Gasteiger partial charge in [-0.15, -0.1) is 0 Å². The Kier molecular flexibility index (Phi) is 14.5. The van der Waals surface area contributed by atoms with Crippen LogP contribution in [0.15, 0.2) is 42.5 Å². The molecule has 2 atom stereocenters. The van der Waals surface area contributed by atoms with Crippen LogP contribution >= 0.6 is 0 Å². The fourth-order valence-corrected chi connectivity index (χ4v) is 4.37. The van der Waals surface area contributed by atoms with Gasteiger partial charge >= 0.3 is 5.97 Å². The summed E-state index contributed by atoms with van der Waals surface area (Å²) in [5, 5.41) is 7.61. The molecular weight excluding hydrogens is 502 g/mol. The number of rotatable bonds is 16. The van der Waals surface area contributed by atoms with Gasteiger partial charge in [0.1, 0.15) is 18.6 Å². The van der Waals surface area contributed by atoms with Gasteiger partial charge in [0.2, 0.25) is 17.6 Å². The number of amides is 3. The summed E-state index contributed by atoms with van der Waals surface area (Å²) < 4.78 is 10.5. The molecule has 0 saturated heterocycles. The van der Waals surface area contributed by atoms with Crippen LogP contribution in [0.3, 0.4) is 0 Å². The number of esters is 1. The lowest BCUT2D eigenvalue weighted by molar-refractivity contribution is -0.146. The predicted molar refractivity (Wildman–Crippen MR) is 145 cm³/mol. The highest BCUT2D eigenvalue weighted by Gasteiger charge is 2.32. The molecule has 1 aliphatic carbocycles. The molecule has 0 radical (unpaired) electrons. The van der Waals surface area contributed by atoms with Gasteiger partial charge in [0.25, 0.3) is 5.91 Å². The van der Waals surface area contributed by atoms with E-state index in [1.54, 1.807) is 13.0 Å². The molecule has 10 heteroatoms. The van der Waals surface area contributed by atoms with Crippen LogP contribution in [-0.4, -0.2) is 61.3 Å². The number of benzene rings is 1. The maximum Gasteiger partial charge on any atom is 0.325 e. The Morgan fingerprint density at radius 2 is 1.69 bits per heavy atom. The standard InChI is InChI=1S/C29H41N3O7/c1-3-5-16-25(33)31-23(17-21-12-8-6-9-13-21)28(36)32-24(20-38-19-22-14-10-7-11-15-22)27(35)29(37)30-18-26(34)39-4-2/h5,7,10-11,14-16,21,23-24H,3-4,6,8-9,12-13,17-20H2,1-2H3,(H,30,37)(H,31,33)(H,32,36)/b16-5+/t23-,24+/m1/s1. The number of carbonyl (C=O) groups excluding carboxylic acids is 5. The van der Waals surface area contributed by atoms with Crippen molar-refractivity contribution in [2.75, 3.05) is 19.8 Å². The predicted octanol–water partition coefficient (Wildman–Crippen LogP) is 2.36. The van der Waals surface area contributed by atoms with Crippen molar-refractivity contribution in [3.8, 4) is 0 Å². The van der Waals surface area contributed by atoms with Gasteiger partial charge in [0.05, 0.1) is 19.8 Å². The minimum Gasteiger partial charge on any atom is -0.465 e. The van der Waals surface area contributed by atoms with Gasteiger partial charge in [-0.1, -0.05) is 75.4 Å². The van der Waals surface area contributed by atoms with Gasteiger partial charge < -0.3 is 25.4 Å².